The minimum absolute atomic E-state index is 0.934. The summed E-state index contributed by atoms with van der Waals surface area (Å²) in [6.07, 6.45) is 0. The minimum Gasteiger partial charge on any atom is -0.265 e. The summed E-state index contributed by atoms with van der Waals surface area (Å²) >= 11 is 3.48. The molecular formula is C9H10BrN. The Morgan fingerprint density at radius 1 is 1.27 bits per heavy atom. The zero-order valence-corrected chi connectivity index (χ0v) is 8.27. The molecule has 0 fully saturated rings. The van der Waals surface area contributed by atoms with Crippen LogP contribution in [0.3, 0.4) is 0 Å². The van der Waals surface area contributed by atoms with Gasteiger partial charge in [-0.1, -0.05) is 15.9 Å². The maximum absolute atomic E-state index is 3.86. The molecule has 0 N–H and O–H groups in total. The monoisotopic (exact) mass is 211 g/mol. The zero-order valence-electron chi connectivity index (χ0n) is 6.69. The summed E-state index contributed by atoms with van der Waals surface area (Å²) < 4.78 is 1.16. The average Bonchev–Trinajstić information content (AvgIpc) is 1.99. The molecular weight excluding hydrogens is 202 g/mol. The van der Waals surface area contributed by atoms with Crippen molar-refractivity contribution in [2.24, 2.45) is 4.99 Å². The number of rotatable bonds is 1. The Morgan fingerprint density at radius 2 is 1.73 bits per heavy atom. The summed E-state index contributed by atoms with van der Waals surface area (Å²) in [5.41, 5.74) is 3.34. The summed E-state index contributed by atoms with van der Waals surface area (Å²) in [5, 5.41) is 0. The van der Waals surface area contributed by atoms with Gasteiger partial charge in [0.25, 0.3) is 0 Å². The van der Waals surface area contributed by atoms with Crippen LogP contribution in [0.1, 0.15) is 11.1 Å². The Balaban J connectivity index is 3.31. The Labute approximate surface area is 75.3 Å². The van der Waals surface area contributed by atoms with Gasteiger partial charge in [-0.25, -0.2) is 0 Å². The Bertz CT molecular complexity index is 269. The van der Waals surface area contributed by atoms with Crippen LogP contribution in [0.25, 0.3) is 0 Å². The molecule has 1 aromatic rings. The Morgan fingerprint density at radius 3 is 2.09 bits per heavy atom. The number of benzene rings is 1. The second-order valence-electron chi connectivity index (χ2n) is 2.55. The van der Waals surface area contributed by atoms with Crippen molar-refractivity contribution in [1.82, 2.24) is 0 Å². The Kier molecular flexibility index (Phi) is 2.45. The van der Waals surface area contributed by atoms with Gasteiger partial charge in [0.15, 0.2) is 0 Å². The molecule has 0 spiro atoms. The van der Waals surface area contributed by atoms with Crippen LogP contribution in [0.5, 0.6) is 0 Å². The molecule has 0 aliphatic heterocycles. The van der Waals surface area contributed by atoms with Crippen molar-refractivity contribution in [2.45, 2.75) is 13.8 Å². The van der Waals surface area contributed by atoms with Crippen molar-refractivity contribution in [3.63, 3.8) is 0 Å². The fraction of sp³-hybridized carbons (Fsp3) is 0.222. The molecule has 0 aliphatic rings. The van der Waals surface area contributed by atoms with E-state index >= 15 is 0 Å². The van der Waals surface area contributed by atoms with E-state index in [9.17, 15) is 0 Å². The summed E-state index contributed by atoms with van der Waals surface area (Å²) in [4.78, 5) is 3.86. The molecule has 1 rings (SSSR count). The van der Waals surface area contributed by atoms with Gasteiger partial charge in [0, 0.05) is 4.47 Å². The highest BCUT2D eigenvalue weighted by Gasteiger charge is 1.99. The second-order valence-corrected chi connectivity index (χ2v) is 3.34. The van der Waals surface area contributed by atoms with Crippen LogP contribution >= 0.6 is 15.9 Å². The molecule has 0 unspecified atom stereocenters. The zero-order chi connectivity index (χ0) is 8.43. The van der Waals surface area contributed by atoms with E-state index in [2.05, 4.69) is 27.6 Å². The number of nitrogens with zero attached hydrogens (tertiary/aromatic N) is 1. The smallest absolute Gasteiger partial charge is 0.0628 e. The molecule has 58 valence electrons. The van der Waals surface area contributed by atoms with Gasteiger partial charge >= 0.3 is 0 Å². The van der Waals surface area contributed by atoms with Gasteiger partial charge in [-0.05, 0) is 43.8 Å². The molecule has 0 saturated carbocycles. The molecule has 0 aliphatic carbocycles. The third kappa shape index (κ3) is 1.69. The molecule has 0 heterocycles. The third-order valence-electron chi connectivity index (χ3n) is 1.60. The van der Waals surface area contributed by atoms with E-state index in [1.54, 1.807) is 0 Å². The van der Waals surface area contributed by atoms with Crippen LogP contribution in [-0.2, 0) is 0 Å². The van der Waals surface area contributed by atoms with E-state index in [1.165, 1.54) is 11.1 Å². The molecule has 1 aromatic carbocycles. The van der Waals surface area contributed by atoms with Gasteiger partial charge in [-0.15, -0.1) is 0 Å². The van der Waals surface area contributed by atoms with Crippen LogP contribution in [0, 0.1) is 13.8 Å². The van der Waals surface area contributed by atoms with Crippen molar-refractivity contribution >= 4 is 28.3 Å². The second kappa shape index (κ2) is 3.18. The standard InChI is InChI=1S/C9H10BrN/c1-6-4-8(11-3)5-7(2)9(6)10/h4-5H,3H2,1-2H3. The van der Waals surface area contributed by atoms with Crippen molar-refractivity contribution in [1.29, 1.82) is 0 Å². The largest absolute Gasteiger partial charge is 0.265 e. The molecule has 11 heavy (non-hydrogen) atoms. The number of halogens is 1. The minimum atomic E-state index is 0.934. The lowest BCUT2D eigenvalue weighted by molar-refractivity contribution is 1.33. The average molecular weight is 212 g/mol. The van der Waals surface area contributed by atoms with Gasteiger partial charge in [-0.3, -0.25) is 4.99 Å². The molecule has 0 saturated heterocycles. The molecule has 0 bridgehead atoms. The van der Waals surface area contributed by atoms with Gasteiger partial charge in [0.1, 0.15) is 0 Å². The topological polar surface area (TPSA) is 12.4 Å². The molecule has 0 atom stereocenters. The quantitative estimate of drug-likeness (QED) is 0.632. The van der Waals surface area contributed by atoms with E-state index in [4.69, 9.17) is 0 Å². The van der Waals surface area contributed by atoms with Crippen molar-refractivity contribution in [3.8, 4) is 0 Å². The van der Waals surface area contributed by atoms with E-state index in [0.29, 0.717) is 0 Å². The maximum atomic E-state index is 3.86. The van der Waals surface area contributed by atoms with E-state index in [1.807, 2.05) is 26.0 Å². The first kappa shape index (κ1) is 8.47. The van der Waals surface area contributed by atoms with Crippen LogP contribution in [0.2, 0.25) is 0 Å². The lowest BCUT2D eigenvalue weighted by Crippen LogP contribution is -1.80. The first-order valence-electron chi connectivity index (χ1n) is 3.38. The SMILES string of the molecule is C=Nc1cc(C)c(Br)c(C)c1. The summed E-state index contributed by atoms with van der Waals surface area (Å²) in [7, 11) is 0. The maximum Gasteiger partial charge on any atom is 0.0628 e. The highest BCUT2D eigenvalue weighted by molar-refractivity contribution is 9.10. The molecule has 0 radical (unpaired) electrons. The van der Waals surface area contributed by atoms with Gasteiger partial charge in [-0.2, -0.15) is 0 Å². The van der Waals surface area contributed by atoms with Gasteiger partial charge in [0.2, 0.25) is 0 Å². The van der Waals surface area contributed by atoms with E-state index < -0.39 is 0 Å². The normalized spacial score (nSPS) is 9.73. The predicted octanol–water partition coefficient (Wildman–Crippen LogP) is 3.40. The fourth-order valence-electron chi connectivity index (χ4n) is 1.01. The van der Waals surface area contributed by atoms with Crippen LogP contribution in [-0.4, -0.2) is 6.72 Å². The summed E-state index contributed by atoms with van der Waals surface area (Å²) in [6.45, 7) is 7.57. The van der Waals surface area contributed by atoms with Gasteiger partial charge < -0.3 is 0 Å². The predicted molar refractivity (Wildman–Crippen MR) is 52.8 cm³/mol. The molecule has 1 nitrogen and oxygen atoms in total. The third-order valence-corrected chi connectivity index (χ3v) is 2.85. The van der Waals surface area contributed by atoms with E-state index in [0.717, 1.165) is 10.2 Å². The first-order valence-corrected chi connectivity index (χ1v) is 4.18. The van der Waals surface area contributed by atoms with Gasteiger partial charge in [0.05, 0.1) is 5.69 Å². The van der Waals surface area contributed by atoms with Crippen molar-refractivity contribution in [3.05, 3.63) is 27.7 Å². The highest BCUT2D eigenvalue weighted by Crippen LogP contribution is 2.25. The number of aryl methyl sites for hydroxylation is 2. The van der Waals surface area contributed by atoms with Crippen molar-refractivity contribution in [2.75, 3.05) is 0 Å². The fourth-order valence-corrected chi connectivity index (χ4v) is 1.24. The highest BCUT2D eigenvalue weighted by atomic mass is 79.9. The number of hydrogen-bond acceptors (Lipinski definition) is 1. The van der Waals surface area contributed by atoms with Crippen LogP contribution < -0.4 is 0 Å². The van der Waals surface area contributed by atoms with Crippen molar-refractivity contribution < 1.29 is 0 Å². The number of aliphatic imine (C=N–C) groups is 1. The lowest BCUT2D eigenvalue weighted by Gasteiger charge is -2.03. The molecule has 0 aromatic heterocycles. The summed E-state index contributed by atoms with van der Waals surface area (Å²) in [5.74, 6) is 0. The van der Waals surface area contributed by atoms with E-state index in [-0.39, 0.29) is 0 Å². The summed E-state index contributed by atoms with van der Waals surface area (Å²) in [6, 6.07) is 4.01. The lowest BCUT2D eigenvalue weighted by atomic mass is 10.1. The van der Waals surface area contributed by atoms with Crippen LogP contribution in [0.4, 0.5) is 5.69 Å². The molecule has 2 heteroatoms. The molecule has 0 amide bonds. The first-order chi connectivity index (χ1) is 5.15. The number of hydrogen-bond donors (Lipinski definition) is 0. The Hall–Kier alpha value is -0.630. The van der Waals surface area contributed by atoms with Crippen LogP contribution in [0.15, 0.2) is 21.6 Å².